The Kier molecular flexibility index (Phi) is 3.09. The highest BCUT2D eigenvalue weighted by molar-refractivity contribution is 6.13. The van der Waals surface area contributed by atoms with Crippen molar-refractivity contribution in [1.82, 2.24) is 10.2 Å². The Morgan fingerprint density at radius 3 is 2.39 bits per heavy atom. The van der Waals surface area contributed by atoms with Crippen LogP contribution in [-0.4, -0.2) is 29.1 Å². The van der Waals surface area contributed by atoms with Crippen LogP contribution < -0.4 is 5.56 Å². The maximum atomic E-state index is 12.1. The van der Waals surface area contributed by atoms with Crippen LogP contribution in [0, 0.1) is 0 Å². The Balaban J connectivity index is 2.52. The van der Waals surface area contributed by atoms with E-state index in [4.69, 9.17) is 0 Å². The lowest BCUT2D eigenvalue weighted by atomic mass is 10.0. The molecule has 0 fully saturated rings. The summed E-state index contributed by atoms with van der Waals surface area (Å²) in [5, 5.41) is 4.54. The van der Waals surface area contributed by atoms with Gasteiger partial charge >= 0.3 is 5.97 Å². The van der Waals surface area contributed by atoms with Gasteiger partial charge in [0, 0.05) is 5.56 Å². The number of hydrogen-bond acceptors (Lipinski definition) is 4. The quantitative estimate of drug-likeness (QED) is 0.616. The monoisotopic (exact) mass is 246 g/mol. The lowest BCUT2D eigenvalue weighted by molar-refractivity contribution is 0.0591. The van der Waals surface area contributed by atoms with Gasteiger partial charge in [0.2, 0.25) is 5.78 Å². The van der Waals surface area contributed by atoms with E-state index in [2.05, 4.69) is 14.9 Å². The number of carbonyl (C=O) groups excluding carboxylic acids is 2. The molecule has 0 radical (unpaired) electrons. The van der Waals surface area contributed by atoms with E-state index in [9.17, 15) is 14.4 Å². The number of rotatable bonds is 3. The summed E-state index contributed by atoms with van der Waals surface area (Å²) in [6, 6.07) is 8.23. The fourth-order valence-corrected chi connectivity index (χ4v) is 1.56. The molecule has 0 aliphatic rings. The molecule has 2 aromatic rings. The molecule has 2 N–H and O–H groups in total. The van der Waals surface area contributed by atoms with Crippen molar-refractivity contribution in [3.63, 3.8) is 0 Å². The highest BCUT2D eigenvalue weighted by atomic mass is 16.5. The van der Waals surface area contributed by atoms with Crippen LogP contribution in [0.5, 0.6) is 0 Å². The predicted octanol–water partition coefficient (Wildman–Crippen LogP) is 0.721. The van der Waals surface area contributed by atoms with Crippen molar-refractivity contribution in [3.05, 3.63) is 57.5 Å². The Hall–Kier alpha value is -2.63. The van der Waals surface area contributed by atoms with Gasteiger partial charge in [-0.05, 0) is 0 Å². The average Bonchev–Trinajstić information content (AvgIpc) is 2.80. The molecular weight excluding hydrogens is 236 g/mol. The van der Waals surface area contributed by atoms with Gasteiger partial charge in [-0.3, -0.25) is 19.8 Å². The number of hydrogen-bond donors (Lipinski definition) is 2. The lowest BCUT2D eigenvalue weighted by Crippen LogP contribution is -2.17. The molecule has 1 heterocycles. The Morgan fingerprint density at radius 1 is 1.11 bits per heavy atom. The molecule has 0 aliphatic carbocycles. The van der Waals surface area contributed by atoms with E-state index in [0.717, 1.165) is 0 Å². The fourth-order valence-electron chi connectivity index (χ4n) is 1.56. The molecule has 1 aromatic carbocycles. The number of aromatic nitrogens is 2. The number of esters is 1. The van der Waals surface area contributed by atoms with Gasteiger partial charge in [-0.15, -0.1) is 0 Å². The van der Waals surface area contributed by atoms with Crippen LogP contribution in [0.25, 0.3) is 0 Å². The summed E-state index contributed by atoms with van der Waals surface area (Å²) < 4.78 is 4.49. The van der Waals surface area contributed by atoms with Gasteiger partial charge in [0.25, 0.3) is 5.56 Å². The van der Waals surface area contributed by atoms with Crippen molar-refractivity contribution in [2.75, 3.05) is 7.11 Å². The van der Waals surface area contributed by atoms with E-state index in [1.54, 1.807) is 30.3 Å². The van der Waals surface area contributed by atoms with E-state index in [0.29, 0.717) is 5.56 Å². The van der Waals surface area contributed by atoms with Crippen molar-refractivity contribution in [2.45, 2.75) is 0 Å². The van der Waals surface area contributed by atoms with Crippen LogP contribution in [0.4, 0.5) is 0 Å². The first kappa shape index (κ1) is 11.8. The maximum Gasteiger partial charge on any atom is 0.356 e. The van der Waals surface area contributed by atoms with Crippen molar-refractivity contribution in [1.29, 1.82) is 0 Å². The maximum absolute atomic E-state index is 12.1. The normalized spacial score (nSPS) is 10.1. The Bertz CT molecular complexity index is 640. The largest absolute Gasteiger partial charge is 0.464 e. The Labute approximate surface area is 102 Å². The highest BCUT2D eigenvalue weighted by Gasteiger charge is 2.24. The minimum Gasteiger partial charge on any atom is -0.464 e. The van der Waals surface area contributed by atoms with Gasteiger partial charge in [-0.1, -0.05) is 30.3 Å². The first-order valence-corrected chi connectivity index (χ1v) is 5.14. The van der Waals surface area contributed by atoms with Crippen LogP contribution in [0.3, 0.4) is 0 Å². The molecule has 0 saturated heterocycles. The second-order valence-electron chi connectivity index (χ2n) is 3.52. The lowest BCUT2D eigenvalue weighted by Gasteiger charge is -2.00. The topological polar surface area (TPSA) is 92.0 Å². The molecule has 92 valence electrons. The standard InChI is InChI=1S/C12H10N2O4/c1-18-12(17)9-8(11(16)14-13-9)10(15)7-5-3-2-4-6-7/h2-6H,1H3,(H2,13,14,16). The van der Waals surface area contributed by atoms with E-state index in [-0.39, 0.29) is 11.3 Å². The van der Waals surface area contributed by atoms with E-state index in [1.807, 2.05) is 0 Å². The first-order chi connectivity index (χ1) is 8.65. The van der Waals surface area contributed by atoms with E-state index >= 15 is 0 Å². The molecule has 0 unspecified atom stereocenters. The highest BCUT2D eigenvalue weighted by Crippen LogP contribution is 2.09. The van der Waals surface area contributed by atoms with Gasteiger partial charge < -0.3 is 4.74 Å². The molecular formula is C12H10N2O4. The summed E-state index contributed by atoms with van der Waals surface area (Å²) in [6.45, 7) is 0. The zero-order chi connectivity index (χ0) is 13.1. The van der Waals surface area contributed by atoms with Gasteiger partial charge in [0.1, 0.15) is 5.56 Å². The Morgan fingerprint density at radius 2 is 1.78 bits per heavy atom. The fraction of sp³-hybridized carbons (Fsp3) is 0.0833. The SMILES string of the molecule is COC(=O)c1[nH][nH]c(=O)c1C(=O)c1ccccc1. The van der Waals surface area contributed by atoms with Gasteiger partial charge in [-0.2, -0.15) is 0 Å². The number of ether oxygens (including phenoxy) is 1. The molecule has 18 heavy (non-hydrogen) atoms. The number of ketones is 1. The van der Waals surface area contributed by atoms with E-state index < -0.39 is 17.3 Å². The molecule has 0 aliphatic heterocycles. The van der Waals surface area contributed by atoms with Crippen LogP contribution >= 0.6 is 0 Å². The number of carbonyl (C=O) groups is 2. The third kappa shape index (κ3) is 1.95. The van der Waals surface area contributed by atoms with Crippen LogP contribution in [0.1, 0.15) is 26.4 Å². The van der Waals surface area contributed by atoms with Gasteiger partial charge in [0.05, 0.1) is 7.11 Å². The second kappa shape index (κ2) is 4.70. The number of nitrogens with one attached hydrogen (secondary N) is 2. The third-order valence-corrected chi connectivity index (χ3v) is 2.43. The number of methoxy groups -OCH3 is 1. The summed E-state index contributed by atoms with van der Waals surface area (Å²) in [4.78, 5) is 35.1. The van der Waals surface area contributed by atoms with Gasteiger partial charge in [-0.25, -0.2) is 4.79 Å². The number of benzene rings is 1. The van der Waals surface area contributed by atoms with E-state index in [1.165, 1.54) is 7.11 Å². The average molecular weight is 246 g/mol. The third-order valence-electron chi connectivity index (χ3n) is 2.43. The summed E-state index contributed by atoms with van der Waals surface area (Å²) in [6.07, 6.45) is 0. The molecule has 0 saturated carbocycles. The van der Waals surface area contributed by atoms with Crippen LogP contribution in [0.2, 0.25) is 0 Å². The first-order valence-electron chi connectivity index (χ1n) is 5.14. The number of aromatic amines is 2. The second-order valence-corrected chi connectivity index (χ2v) is 3.52. The van der Waals surface area contributed by atoms with Crippen LogP contribution in [-0.2, 0) is 4.74 Å². The molecule has 6 heteroatoms. The van der Waals surface area contributed by atoms with Gasteiger partial charge in [0.15, 0.2) is 5.69 Å². The van der Waals surface area contributed by atoms with Crippen LogP contribution in [0.15, 0.2) is 35.1 Å². The molecule has 2 rings (SSSR count). The minimum atomic E-state index is -0.771. The molecule has 0 spiro atoms. The zero-order valence-electron chi connectivity index (χ0n) is 9.52. The summed E-state index contributed by atoms with van der Waals surface area (Å²) >= 11 is 0. The van der Waals surface area contributed by atoms with Crippen molar-refractivity contribution < 1.29 is 14.3 Å². The van der Waals surface area contributed by atoms with Crippen molar-refractivity contribution in [2.24, 2.45) is 0 Å². The predicted molar refractivity (Wildman–Crippen MR) is 62.6 cm³/mol. The smallest absolute Gasteiger partial charge is 0.356 e. The zero-order valence-corrected chi connectivity index (χ0v) is 9.52. The van der Waals surface area contributed by atoms with Crippen molar-refractivity contribution >= 4 is 11.8 Å². The number of H-pyrrole nitrogens is 2. The molecule has 0 atom stereocenters. The summed E-state index contributed by atoms with van der Waals surface area (Å²) in [5.74, 6) is -1.30. The molecule has 0 bridgehead atoms. The molecule has 1 aromatic heterocycles. The minimum absolute atomic E-state index is 0.170. The van der Waals surface area contributed by atoms with Crippen molar-refractivity contribution in [3.8, 4) is 0 Å². The molecule has 0 amide bonds. The molecule has 6 nitrogen and oxygen atoms in total. The summed E-state index contributed by atoms with van der Waals surface area (Å²) in [5.41, 5.74) is -0.735. The summed E-state index contributed by atoms with van der Waals surface area (Å²) in [7, 11) is 1.17.